The van der Waals surface area contributed by atoms with Gasteiger partial charge in [-0.25, -0.2) is 0 Å². The zero-order valence-corrected chi connectivity index (χ0v) is 10.8. The molecule has 0 aliphatic heterocycles. The normalized spacial score (nSPS) is 24.1. The second kappa shape index (κ2) is 4.63. The topological polar surface area (TPSA) is 66.5 Å². The highest BCUT2D eigenvalue weighted by molar-refractivity contribution is 5.91. The summed E-state index contributed by atoms with van der Waals surface area (Å²) in [5, 5.41) is 22.1. The fourth-order valence-corrected chi connectivity index (χ4v) is 2.35. The van der Waals surface area contributed by atoms with E-state index in [1.54, 1.807) is 18.2 Å². The van der Waals surface area contributed by atoms with E-state index in [2.05, 4.69) is 0 Å². The molecule has 4 N–H and O–H groups in total. The number of allylic oxidation sites excluding steroid dienone is 2. The molecule has 1 atom stereocenters. The second-order valence-electron chi connectivity index (χ2n) is 4.85. The zero-order chi connectivity index (χ0) is 14.2. The molecular formula is C17H15NO2. The highest BCUT2D eigenvalue weighted by Crippen LogP contribution is 2.28. The van der Waals surface area contributed by atoms with E-state index in [1.165, 1.54) is 6.08 Å². The Hall–Kier alpha value is -2.36. The Morgan fingerprint density at radius 1 is 1.05 bits per heavy atom. The van der Waals surface area contributed by atoms with Crippen molar-refractivity contribution in [3.8, 4) is 0 Å². The molecule has 3 rings (SSSR count). The lowest BCUT2D eigenvalue weighted by Crippen LogP contribution is -2.44. The zero-order valence-electron chi connectivity index (χ0n) is 10.8. The molecule has 20 heavy (non-hydrogen) atoms. The van der Waals surface area contributed by atoms with Gasteiger partial charge in [0.15, 0.2) is 5.72 Å². The van der Waals surface area contributed by atoms with Crippen molar-refractivity contribution in [3.63, 3.8) is 0 Å². The predicted octanol–water partition coefficient (Wildman–Crippen LogP) is 2.88. The third-order valence-corrected chi connectivity index (χ3v) is 3.49. The summed E-state index contributed by atoms with van der Waals surface area (Å²) < 4.78 is 0. The molecule has 100 valence electrons. The summed E-state index contributed by atoms with van der Waals surface area (Å²) in [7, 11) is 0. The first-order chi connectivity index (χ1) is 9.59. The van der Waals surface area contributed by atoms with Gasteiger partial charge in [-0.2, -0.15) is 0 Å². The molecule has 0 saturated heterocycles. The maximum Gasteiger partial charge on any atom is 0.198 e. The van der Waals surface area contributed by atoms with E-state index in [4.69, 9.17) is 5.73 Å². The quantitative estimate of drug-likeness (QED) is 0.694. The summed E-state index contributed by atoms with van der Waals surface area (Å²) in [6.45, 7) is 0. The monoisotopic (exact) mass is 265 g/mol. The first-order valence-electron chi connectivity index (χ1n) is 6.38. The van der Waals surface area contributed by atoms with Crippen molar-refractivity contribution < 1.29 is 10.2 Å². The fourth-order valence-electron chi connectivity index (χ4n) is 2.35. The van der Waals surface area contributed by atoms with Crippen molar-refractivity contribution in [1.82, 2.24) is 0 Å². The lowest BCUT2D eigenvalue weighted by Gasteiger charge is -2.26. The molecule has 2 aromatic rings. The maximum absolute atomic E-state index is 10.2. The number of rotatable bonds is 1. The average Bonchev–Trinajstić information content (AvgIpc) is 2.45. The number of hydrogen-bond donors (Lipinski definition) is 3. The van der Waals surface area contributed by atoms with E-state index < -0.39 is 5.72 Å². The van der Waals surface area contributed by atoms with Gasteiger partial charge in [0.2, 0.25) is 0 Å². The number of fused-ring (bicyclic) bond motifs is 1. The van der Waals surface area contributed by atoms with Crippen LogP contribution in [-0.4, -0.2) is 15.9 Å². The summed E-state index contributed by atoms with van der Waals surface area (Å²) in [5.74, 6) is -0.258. The average molecular weight is 265 g/mol. The molecule has 0 radical (unpaired) electrons. The molecule has 0 saturated carbocycles. The van der Waals surface area contributed by atoms with Gasteiger partial charge >= 0.3 is 0 Å². The SMILES string of the molecule is NC1(O)C(O)=CC=CC1=Cc1cccc2ccccc12. The molecular weight excluding hydrogens is 250 g/mol. The Kier molecular flexibility index (Phi) is 2.93. The van der Waals surface area contributed by atoms with Crippen LogP contribution < -0.4 is 5.73 Å². The molecule has 0 amide bonds. The maximum atomic E-state index is 10.2. The highest BCUT2D eigenvalue weighted by atomic mass is 16.3. The molecule has 0 bridgehead atoms. The molecule has 0 heterocycles. The summed E-state index contributed by atoms with van der Waals surface area (Å²) in [5.41, 5.74) is 5.33. The van der Waals surface area contributed by atoms with Crippen LogP contribution in [0.15, 0.2) is 72.0 Å². The van der Waals surface area contributed by atoms with Crippen LogP contribution in [0.1, 0.15) is 5.56 Å². The van der Waals surface area contributed by atoms with Gasteiger partial charge in [-0.1, -0.05) is 54.6 Å². The summed E-state index contributed by atoms with van der Waals surface area (Å²) in [6, 6.07) is 13.9. The predicted molar refractivity (Wildman–Crippen MR) is 80.9 cm³/mol. The van der Waals surface area contributed by atoms with Crippen LogP contribution in [0.4, 0.5) is 0 Å². The molecule has 3 heteroatoms. The minimum Gasteiger partial charge on any atom is -0.507 e. The highest BCUT2D eigenvalue weighted by Gasteiger charge is 2.31. The number of benzene rings is 2. The van der Waals surface area contributed by atoms with E-state index in [0.29, 0.717) is 5.57 Å². The van der Waals surface area contributed by atoms with Gasteiger partial charge in [-0.05, 0) is 28.5 Å². The largest absolute Gasteiger partial charge is 0.507 e. The van der Waals surface area contributed by atoms with E-state index >= 15 is 0 Å². The van der Waals surface area contributed by atoms with Crippen molar-refractivity contribution in [2.45, 2.75) is 5.72 Å². The number of aliphatic hydroxyl groups excluding tert-OH is 1. The Balaban J connectivity index is 2.16. The van der Waals surface area contributed by atoms with Gasteiger partial charge in [0, 0.05) is 5.57 Å². The molecule has 2 aromatic carbocycles. The molecule has 0 fully saturated rings. The Bertz CT molecular complexity index is 749. The van der Waals surface area contributed by atoms with E-state index in [-0.39, 0.29) is 5.76 Å². The van der Waals surface area contributed by atoms with Crippen molar-refractivity contribution in [2.24, 2.45) is 5.73 Å². The van der Waals surface area contributed by atoms with E-state index in [1.807, 2.05) is 42.5 Å². The van der Waals surface area contributed by atoms with Gasteiger partial charge in [-0.3, -0.25) is 5.73 Å². The number of aliphatic hydroxyl groups is 2. The lowest BCUT2D eigenvalue weighted by atomic mass is 9.93. The van der Waals surface area contributed by atoms with Crippen molar-refractivity contribution in [3.05, 3.63) is 77.6 Å². The van der Waals surface area contributed by atoms with Crippen LogP contribution >= 0.6 is 0 Å². The molecule has 1 aliphatic rings. The number of nitrogens with two attached hydrogens (primary N) is 1. The van der Waals surface area contributed by atoms with Crippen LogP contribution in [0.25, 0.3) is 16.8 Å². The van der Waals surface area contributed by atoms with Crippen molar-refractivity contribution in [1.29, 1.82) is 0 Å². The van der Waals surface area contributed by atoms with Crippen molar-refractivity contribution >= 4 is 16.8 Å². The van der Waals surface area contributed by atoms with Crippen molar-refractivity contribution in [2.75, 3.05) is 0 Å². The number of hydrogen-bond acceptors (Lipinski definition) is 3. The van der Waals surface area contributed by atoms with Gasteiger partial charge in [0.1, 0.15) is 5.76 Å². The van der Waals surface area contributed by atoms with E-state index in [0.717, 1.165) is 16.3 Å². The van der Waals surface area contributed by atoms with E-state index in [9.17, 15) is 10.2 Å². The Morgan fingerprint density at radius 3 is 2.65 bits per heavy atom. The Labute approximate surface area is 117 Å². The third-order valence-electron chi connectivity index (χ3n) is 3.49. The van der Waals surface area contributed by atoms with Gasteiger partial charge in [0.25, 0.3) is 0 Å². The van der Waals surface area contributed by atoms with Gasteiger partial charge < -0.3 is 10.2 Å². The standard InChI is InChI=1S/C17H15NO2/c18-17(20)14(8-4-10-16(17)19)11-13-7-3-6-12-5-1-2-9-15(12)13/h1-11,19-20H,18H2. The second-order valence-corrected chi connectivity index (χ2v) is 4.85. The van der Waals surface area contributed by atoms with Crippen LogP contribution in [0, 0.1) is 0 Å². The molecule has 0 aromatic heterocycles. The van der Waals surface area contributed by atoms with Gasteiger partial charge in [0.05, 0.1) is 0 Å². The third kappa shape index (κ3) is 2.03. The van der Waals surface area contributed by atoms with Crippen LogP contribution in [-0.2, 0) is 0 Å². The van der Waals surface area contributed by atoms with Crippen LogP contribution in [0.2, 0.25) is 0 Å². The van der Waals surface area contributed by atoms with Gasteiger partial charge in [-0.15, -0.1) is 0 Å². The van der Waals surface area contributed by atoms with Crippen LogP contribution in [0.5, 0.6) is 0 Å². The summed E-state index contributed by atoms with van der Waals surface area (Å²) >= 11 is 0. The fraction of sp³-hybridized carbons (Fsp3) is 0.0588. The molecule has 3 nitrogen and oxygen atoms in total. The first-order valence-corrected chi connectivity index (χ1v) is 6.38. The smallest absolute Gasteiger partial charge is 0.198 e. The molecule has 1 aliphatic carbocycles. The lowest BCUT2D eigenvalue weighted by molar-refractivity contribution is 0.0786. The first kappa shape index (κ1) is 12.7. The molecule has 0 spiro atoms. The van der Waals surface area contributed by atoms with Crippen LogP contribution in [0.3, 0.4) is 0 Å². The summed E-state index contributed by atoms with van der Waals surface area (Å²) in [6.07, 6.45) is 6.54. The minimum atomic E-state index is -1.84. The Morgan fingerprint density at radius 2 is 1.80 bits per heavy atom. The molecule has 1 unspecified atom stereocenters. The minimum absolute atomic E-state index is 0.258. The summed E-state index contributed by atoms with van der Waals surface area (Å²) in [4.78, 5) is 0.